The minimum Gasteiger partial charge on any atom is -0.369 e. The number of carbonyl (C=O) groups excluding carboxylic acids is 1. The topological polar surface area (TPSA) is 66.9 Å². The van der Waals surface area contributed by atoms with Crippen LogP contribution in [0.2, 0.25) is 0 Å². The summed E-state index contributed by atoms with van der Waals surface area (Å²) in [5, 5.41) is 13.6. The highest BCUT2D eigenvalue weighted by Gasteiger charge is 2.06. The smallest absolute Gasteiger partial charge is 0.229 e. The zero-order valence-electron chi connectivity index (χ0n) is 11.8. The summed E-state index contributed by atoms with van der Waals surface area (Å²) in [6, 6.07) is 9.38. The van der Waals surface area contributed by atoms with Crippen LogP contribution in [0.3, 0.4) is 0 Å². The Balaban J connectivity index is 1.90. The van der Waals surface area contributed by atoms with Gasteiger partial charge in [0.1, 0.15) is 11.6 Å². The van der Waals surface area contributed by atoms with E-state index < -0.39 is 0 Å². The maximum Gasteiger partial charge on any atom is 0.229 e. The highest BCUT2D eigenvalue weighted by Crippen LogP contribution is 2.08. The lowest BCUT2D eigenvalue weighted by Crippen LogP contribution is -2.16. The minimum absolute atomic E-state index is 0.0925. The van der Waals surface area contributed by atoms with Gasteiger partial charge in [-0.3, -0.25) is 4.79 Å². The van der Waals surface area contributed by atoms with Crippen LogP contribution in [0, 0.1) is 5.82 Å². The first kappa shape index (κ1) is 14.9. The largest absolute Gasteiger partial charge is 0.369 e. The second-order valence-electron chi connectivity index (χ2n) is 4.59. The fraction of sp³-hybridized carbons (Fsp3) is 0.267. The van der Waals surface area contributed by atoms with Gasteiger partial charge in [0.25, 0.3) is 0 Å². The monoisotopic (exact) mass is 288 g/mol. The van der Waals surface area contributed by atoms with Gasteiger partial charge in [0.05, 0.1) is 6.42 Å². The number of aromatic nitrogens is 2. The molecule has 2 N–H and O–H groups in total. The van der Waals surface area contributed by atoms with Crippen LogP contribution in [0.1, 0.15) is 18.9 Å². The van der Waals surface area contributed by atoms with Crippen LogP contribution < -0.4 is 10.6 Å². The van der Waals surface area contributed by atoms with Crippen molar-refractivity contribution in [3.05, 3.63) is 47.8 Å². The number of benzene rings is 1. The van der Waals surface area contributed by atoms with E-state index in [4.69, 9.17) is 0 Å². The fourth-order valence-corrected chi connectivity index (χ4v) is 1.77. The van der Waals surface area contributed by atoms with Crippen LogP contribution in [0.4, 0.5) is 16.0 Å². The molecule has 5 nitrogen and oxygen atoms in total. The van der Waals surface area contributed by atoms with Crippen molar-refractivity contribution in [3.8, 4) is 0 Å². The van der Waals surface area contributed by atoms with Gasteiger partial charge in [0.15, 0.2) is 5.82 Å². The molecule has 6 heteroatoms. The summed E-state index contributed by atoms with van der Waals surface area (Å²) in [7, 11) is 0. The molecular weight excluding hydrogens is 271 g/mol. The van der Waals surface area contributed by atoms with Crippen LogP contribution >= 0.6 is 0 Å². The number of hydrogen-bond acceptors (Lipinski definition) is 4. The van der Waals surface area contributed by atoms with Gasteiger partial charge in [-0.05, 0) is 36.2 Å². The summed E-state index contributed by atoms with van der Waals surface area (Å²) in [6.07, 6.45) is 1.09. The number of nitrogens with one attached hydrogen (secondary N) is 2. The van der Waals surface area contributed by atoms with Crippen molar-refractivity contribution >= 4 is 17.5 Å². The van der Waals surface area contributed by atoms with E-state index in [9.17, 15) is 9.18 Å². The van der Waals surface area contributed by atoms with E-state index in [0.717, 1.165) is 13.0 Å². The zero-order valence-corrected chi connectivity index (χ0v) is 11.8. The number of hydrogen-bond donors (Lipinski definition) is 2. The molecule has 0 saturated heterocycles. The highest BCUT2D eigenvalue weighted by molar-refractivity contribution is 5.91. The molecule has 0 fully saturated rings. The number of amides is 1. The van der Waals surface area contributed by atoms with Crippen LogP contribution in [0.25, 0.3) is 0 Å². The average molecular weight is 288 g/mol. The van der Waals surface area contributed by atoms with Crippen molar-refractivity contribution in [2.45, 2.75) is 19.8 Å². The van der Waals surface area contributed by atoms with Crippen molar-refractivity contribution in [1.82, 2.24) is 10.2 Å². The fourth-order valence-electron chi connectivity index (χ4n) is 1.77. The Morgan fingerprint density at radius 3 is 2.62 bits per heavy atom. The maximum atomic E-state index is 13.0. The van der Waals surface area contributed by atoms with Gasteiger partial charge in [-0.15, -0.1) is 10.2 Å². The molecule has 0 spiro atoms. The molecule has 0 bridgehead atoms. The third kappa shape index (κ3) is 4.83. The first-order chi connectivity index (χ1) is 10.2. The average Bonchev–Trinajstić information content (AvgIpc) is 2.46. The molecule has 2 rings (SSSR count). The van der Waals surface area contributed by atoms with Crippen molar-refractivity contribution in [2.75, 3.05) is 17.2 Å². The molecule has 0 aliphatic heterocycles. The predicted octanol–water partition coefficient (Wildman–Crippen LogP) is 2.62. The molecule has 110 valence electrons. The van der Waals surface area contributed by atoms with Gasteiger partial charge in [0.2, 0.25) is 5.91 Å². The normalized spacial score (nSPS) is 10.2. The van der Waals surface area contributed by atoms with Gasteiger partial charge >= 0.3 is 0 Å². The second kappa shape index (κ2) is 7.33. The van der Waals surface area contributed by atoms with Crippen molar-refractivity contribution < 1.29 is 9.18 Å². The third-order valence-electron chi connectivity index (χ3n) is 2.74. The second-order valence-corrected chi connectivity index (χ2v) is 4.59. The third-order valence-corrected chi connectivity index (χ3v) is 2.74. The molecule has 1 aromatic carbocycles. The maximum absolute atomic E-state index is 13.0. The Bertz CT molecular complexity index is 601. The molecular formula is C15H17FN4O. The predicted molar refractivity (Wildman–Crippen MR) is 79.5 cm³/mol. The van der Waals surface area contributed by atoms with E-state index in [2.05, 4.69) is 27.8 Å². The molecule has 0 unspecified atom stereocenters. The summed E-state index contributed by atoms with van der Waals surface area (Å²) >= 11 is 0. The van der Waals surface area contributed by atoms with Gasteiger partial charge in [-0.1, -0.05) is 19.1 Å². The Morgan fingerprint density at radius 1 is 1.19 bits per heavy atom. The van der Waals surface area contributed by atoms with E-state index in [-0.39, 0.29) is 18.1 Å². The van der Waals surface area contributed by atoms with Crippen LogP contribution in [-0.2, 0) is 11.2 Å². The number of rotatable bonds is 6. The first-order valence-corrected chi connectivity index (χ1v) is 6.79. The summed E-state index contributed by atoms with van der Waals surface area (Å²) in [4.78, 5) is 11.8. The van der Waals surface area contributed by atoms with Gasteiger partial charge in [0, 0.05) is 6.54 Å². The van der Waals surface area contributed by atoms with E-state index in [1.807, 2.05) is 0 Å². The lowest BCUT2D eigenvalue weighted by Gasteiger charge is -2.06. The van der Waals surface area contributed by atoms with Crippen molar-refractivity contribution in [1.29, 1.82) is 0 Å². The SMILES string of the molecule is CCCNc1ccc(NC(=O)Cc2cccc(F)c2)nn1. The Labute approximate surface area is 122 Å². The summed E-state index contributed by atoms with van der Waals surface area (Å²) in [5.41, 5.74) is 0.613. The van der Waals surface area contributed by atoms with Crippen molar-refractivity contribution in [2.24, 2.45) is 0 Å². The van der Waals surface area contributed by atoms with Gasteiger partial charge in [-0.2, -0.15) is 0 Å². The lowest BCUT2D eigenvalue weighted by molar-refractivity contribution is -0.115. The Kier molecular flexibility index (Phi) is 5.20. The molecule has 1 amide bonds. The van der Waals surface area contributed by atoms with E-state index in [0.29, 0.717) is 17.2 Å². The Morgan fingerprint density at radius 2 is 1.95 bits per heavy atom. The molecule has 2 aromatic rings. The number of anilines is 2. The van der Waals surface area contributed by atoms with Crippen LogP contribution in [0.5, 0.6) is 0 Å². The molecule has 21 heavy (non-hydrogen) atoms. The van der Waals surface area contributed by atoms with Gasteiger partial charge < -0.3 is 10.6 Å². The van der Waals surface area contributed by atoms with Gasteiger partial charge in [-0.25, -0.2) is 4.39 Å². The molecule has 0 aliphatic rings. The highest BCUT2D eigenvalue weighted by atomic mass is 19.1. The Hall–Kier alpha value is -2.50. The van der Waals surface area contributed by atoms with Crippen LogP contribution in [-0.4, -0.2) is 22.6 Å². The molecule has 0 radical (unpaired) electrons. The zero-order chi connectivity index (χ0) is 15.1. The van der Waals surface area contributed by atoms with E-state index >= 15 is 0 Å². The molecule has 1 aromatic heterocycles. The van der Waals surface area contributed by atoms with Crippen molar-refractivity contribution in [3.63, 3.8) is 0 Å². The molecule has 1 heterocycles. The number of carbonyl (C=O) groups is 1. The van der Waals surface area contributed by atoms with Crippen LogP contribution in [0.15, 0.2) is 36.4 Å². The van der Waals surface area contributed by atoms with E-state index in [1.165, 1.54) is 12.1 Å². The number of halogens is 1. The summed E-state index contributed by atoms with van der Waals surface area (Å²) in [6.45, 7) is 2.88. The first-order valence-electron chi connectivity index (χ1n) is 6.79. The standard InChI is InChI=1S/C15H17FN4O/c1-2-8-17-13-6-7-14(20-19-13)18-15(21)10-11-4-3-5-12(16)9-11/h3-7,9H,2,8,10H2,1H3,(H,17,19)(H,18,20,21). The lowest BCUT2D eigenvalue weighted by atomic mass is 10.1. The summed E-state index contributed by atoms with van der Waals surface area (Å²) in [5.74, 6) is 0.425. The minimum atomic E-state index is -0.355. The molecule has 0 atom stereocenters. The molecule has 0 saturated carbocycles. The summed E-state index contributed by atoms with van der Waals surface area (Å²) < 4.78 is 13.0. The number of nitrogens with zero attached hydrogens (tertiary/aromatic N) is 2. The quantitative estimate of drug-likeness (QED) is 0.857. The van der Waals surface area contributed by atoms with E-state index in [1.54, 1.807) is 24.3 Å². The molecule has 0 aliphatic carbocycles.